The fourth-order valence-electron chi connectivity index (χ4n) is 2.05. The second kappa shape index (κ2) is 6.72. The molecule has 2 rings (SSSR count). The van der Waals surface area contributed by atoms with Gasteiger partial charge in [-0.3, -0.25) is 4.79 Å². The third-order valence-electron chi connectivity index (χ3n) is 3.51. The van der Waals surface area contributed by atoms with Crippen molar-refractivity contribution in [1.29, 1.82) is 0 Å². The van der Waals surface area contributed by atoms with Crippen LogP contribution in [0.2, 0.25) is 5.02 Å². The zero-order valence-corrected chi connectivity index (χ0v) is 14.6. The molecular formula is C15H18ClN3O3S. The zero-order chi connectivity index (χ0) is 17.2. The molecule has 1 unspecified atom stereocenters. The van der Waals surface area contributed by atoms with Gasteiger partial charge in [0.1, 0.15) is 5.82 Å². The van der Waals surface area contributed by atoms with Crippen LogP contribution < -0.4 is 5.32 Å². The molecule has 6 nitrogen and oxygen atoms in total. The predicted octanol–water partition coefficient (Wildman–Crippen LogP) is 3.16. The van der Waals surface area contributed by atoms with E-state index in [4.69, 9.17) is 11.6 Å². The Morgan fingerprint density at radius 3 is 2.70 bits per heavy atom. The number of hydrogen-bond donors (Lipinski definition) is 1. The smallest absolute Gasteiger partial charge is 0.256 e. The van der Waals surface area contributed by atoms with Crippen molar-refractivity contribution < 1.29 is 13.2 Å². The van der Waals surface area contributed by atoms with Crippen LogP contribution >= 0.6 is 11.6 Å². The molecule has 1 amide bonds. The van der Waals surface area contributed by atoms with Crippen LogP contribution in [0.3, 0.4) is 0 Å². The molecule has 124 valence electrons. The Bertz CT molecular complexity index is 830. The molecule has 0 aliphatic rings. The maximum absolute atomic E-state index is 12.4. The van der Waals surface area contributed by atoms with E-state index < -0.39 is 15.7 Å². The van der Waals surface area contributed by atoms with Gasteiger partial charge in [0.05, 0.1) is 22.2 Å². The summed E-state index contributed by atoms with van der Waals surface area (Å²) in [5.74, 6) is 0.136. The fraction of sp³-hybridized carbons (Fsp3) is 0.333. The van der Waals surface area contributed by atoms with Gasteiger partial charge in [0.15, 0.2) is 9.84 Å². The molecule has 1 atom stereocenters. The van der Waals surface area contributed by atoms with Crippen molar-refractivity contribution >= 4 is 33.2 Å². The van der Waals surface area contributed by atoms with Gasteiger partial charge in [0.2, 0.25) is 0 Å². The predicted molar refractivity (Wildman–Crippen MR) is 89.7 cm³/mol. The van der Waals surface area contributed by atoms with Crippen LogP contribution in [0.5, 0.6) is 0 Å². The average molecular weight is 356 g/mol. The lowest BCUT2D eigenvalue weighted by Gasteiger charge is -2.14. The molecule has 0 fully saturated rings. The Kier molecular flexibility index (Phi) is 5.11. The lowest BCUT2D eigenvalue weighted by atomic mass is 10.2. The molecule has 1 aromatic heterocycles. The van der Waals surface area contributed by atoms with Gasteiger partial charge in [-0.25, -0.2) is 13.1 Å². The van der Waals surface area contributed by atoms with Gasteiger partial charge in [-0.15, -0.1) is 0 Å². The van der Waals surface area contributed by atoms with Crippen LogP contribution in [-0.2, 0) is 9.84 Å². The van der Waals surface area contributed by atoms with Gasteiger partial charge >= 0.3 is 0 Å². The number of rotatable bonds is 5. The molecule has 0 radical (unpaired) electrons. The molecule has 1 heterocycles. The molecule has 0 spiro atoms. The maximum atomic E-state index is 12.4. The maximum Gasteiger partial charge on any atom is 0.256 e. The van der Waals surface area contributed by atoms with E-state index in [9.17, 15) is 13.2 Å². The number of nitrogens with zero attached hydrogens (tertiary/aromatic N) is 2. The highest BCUT2D eigenvalue weighted by atomic mass is 35.5. The van der Waals surface area contributed by atoms with Crippen molar-refractivity contribution in [3.63, 3.8) is 0 Å². The van der Waals surface area contributed by atoms with Crippen molar-refractivity contribution in [2.75, 3.05) is 11.6 Å². The summed E-state index contributed by atoms with van der Waals surface area (Å²) in [6, 6.07) is 5.99. The molecule has 0 aliphatic carbocycles. The van der Waals surface area contributed by atoms with Gasteiger partial charge in [0.25, 0.3) is 5.91 Å². The first-order chi connectivity index (χ1) is 10.7. The summed E-state index contributed by atoms with van der Waals surface area (Å²) >= 11 is 5.89. The number of carbonyl (C=O) groups excluding carboxylic acids is 1. The summed E-state index contributed by atoms with van der Waals surface area (Å²) in [5.41, 5.74) is 0.215. The number of hydrogen-bond acceptors (Lipinski definition) is 4. The molecule has 1 N–H and O–H groups in total. The van der Waals surface area contributed by atoms with E-state index in [0.29, 0.717) is 5.82 Å². The second-order valence-electron chi connectivity index (χ2n) is 5.29. The van der Waals surface area contributed by atoms with Crippen LogP contribution in [0, 0.1) is 0 Å². The third kappa shape index (κ3) is 3.92. The van der Waals surface area contributed by atoms with Gasteiger partial charge in [-0.1, -0.05) is 18.5 Å². The van der Waals surface area contributed by atoms with Crippen LogP contribution in [0.25, 0.3) is 0 Å². The van der Waals surface area contributed by atoms with Gasteiger partial charge < -0.3 is 5.32 Å². The minimum Gasteiger partial charge on any atom is -0.307 e. The highest BCUT2D eigenvalue weighted by Gasteiger charge is 2.17. The SMILES string of the molecule is CCC(C)n1nccc1NC(=O)c1ccc(Cl)c(S(C)(=O)=O)c1. The summed E-state index contributed by atoms with van der Waals surface area (Å²) in [6.07, 6.45) is 3.52. The number of amides is 1. The summed E-state index contributed by atoms with van der Waals surface area (Å²) in [5, 5.41) is 7.02. The number of anilines is 1. The first kappa shape index (κ1) is 17.5. The number of halogens is 1. The highest BCUT2D eigenvalue weighted by Crippen LogP contribution is 2.23. The number of sulfone groups is 1. The van der Waals surface area contributed by atoms with Gasteiger partial charge in [0, 0.05) is 17.9 Å². The standard InChI is InChI=1S/C15H18ClN3O3S/c1-4-10(2)19-14(7-8-17-19)18-15(20)11-5-6-12(16)13(9-11)23(3,21)22/h5-10H,4H2,1-3H3,(H,18,20). The Hall–Kier alpha value is -1.86. The van der Waals surface area contributed by atoms with E-state index in [2.05, 4.69) is 10.4 Å². The van der Waals surface area contributed by atoms with E-state index >= 15 is 0 Å². The zero-order valence-electron chi connectivity index (χ0n) is 13.1. The topological polar surface area (TPSA) is 81.1 Å². The Morgan fingerprint density at radius 1 is 1.39 bits per heavy atom. The largest absolute Gasteiger partial charge is 0.307 e. The lowest BCUT2D eigenvalue weighted by Crippen LogP contribution is -2.17. The molecule has 0 aliphatic heterocycles. The number of nitrogens with one attached hydrogen (secondary N) is 1. The lowest BCUT2D eigenvalue weighted by molar-refractivity contribution is 0.102. The van der Waals surface area contributed by atoms with Crippen LogP contribution in [0.4, 0.5) is 5.82 Å². The Balaban J connectivity index is 2.31. The quantitative estimate of drug-likeness (QED) is 0.893. The van der Waals surface area contributed by atoms with Crippen molar-refractivity contribution in [1.82, 2.24) is 9.78 Å². The molecule has 0 bridgehead atoms. The van der Waals surface area contributed by atoms with E-state index in [1.165, 1.54) is 18.2 Å². The molecule has 23 heavy (non-hydrogen) atoms. The molecular weight excluding hydrogens is 338 g/mol. The number of aromatic nitrogens is 2. The van der Waals surface area contributed by atoms with E-state index in [-0.39, 0.29) is 21.5 Å². The normalized spacial score (nSPS) is 12.9. The van der Waals surface area contributed by atoms with Crippen molar-refractivity contribution in [2.24, 2.45) is 0 Å². The van der Waals surface area contributed by atoms with E-state index in [1.807, 2.05) is 13.8 Å². The van der Waals surface area contributed by atoms with Crippen molar-refractivity contribution in [3.8, 4) is 0 Å². The van der Waals surface area contributed by atoms with Crippen molar-refractivity contribution in [2.45, 2.75) is 31.2 Å². The summed E-state index contributed by atoms with van der Waals surface area (Å²) in [6.45, 7) is 4.02. The summed E-state index contributed by atoms with van der Waals surface area (Å²) in [7, 11) is -3.51. The number of carbonyl (C=O) groups is 1. The van der Waals surface area contributed by atoms with E-state index in [0.717, 1.165) is 12.7 Å². The molecule has 2 aromatic rings. The fourth-order valence-corrected chi connectivity index (χ4v) is 3.36. The van der Waals surface area contributed by atoms with Crippen LogP contribution in [0.15, 0.2) is 35.4 Å². The van der Waals surface area contributed by atoms with Crippen molar-refractivity contribution in [3.05, 3.63) is 41.0 Å². The van der Waals surface area contributed by atoms with Gasteiger partial charge in [-0.05, 0) is 31.5 Å². The Labute approximate surface area is 140 Å². The minimum atomic E-state index is -3.51. The third-order valence-corrected chi connectivity index (χ3v) is 5.09. The molecule has 1 aromatic carbocycles. The molecule has 0 saturated heterocycles. The number of benzene rings is 1. The summed E-state index contributed by atoms with van der Waals surface area (Å²) < 4.78 is 25.1. The minimum absolute atomic E-state index is 0.0674. The monoisotopic (exact) mass is 355 g/mol. The first-order valence-corrected chi connectivity index (χ1v) is 9.35. The van der Waals surface area contributed by atoms with Crippen LogP contribution in [-0.4, -0.2) is 30.4 Å². The molecule has 8 heteroatoms. The average Bonchev–Trinajstić information content (AvgIpc) is 2.93. The highest BCUT2D eigenvalue weighted by molar-refractivity contribution is 7.90. The first-order valence-electron chi connectivity index (χ1n) is 7.08. The molecule has 0 saturated carbocycles. The summed E-state index contributed by atoms with van der Waals surface area (Å²) in [4.78, 5) is 12.3. The van der Waals surface area contributed by atoms with E-state index in [1.54, 1.807) is 16.9 Å². The second-order valence-corrected chi connectivity index (χ2v) is 7.68. The van der Waals surface area contributed by atoms with Crippen LogP contribution in [0.1, 0.15) is 36.7 Å². The van der Waals surface area contributed by atoms with Gasteiger partial charge in [-0.2, -0.15) is 5.10 Å². The Morgan fingerprint density at radius 2 is 2.09 bits per heavy atom.